The van der Waals surface area contributed by atoms with Gasteiger partial charge < -0.3 is 21.1 Å². The molecule has 0 spiro atoms. The van der Waals surface area contributed by atoms with Gasteiger partial charge in [0.05, 0.1) is 24.4 Å². The molecule has 4 rings (SSSR count). The molecular weight excluding hydrogens is 394 g/mol. The maximum Gasteiger partial charge on any atom is 0.219 e. The SMILES string of the molecule is CC(=O)N1CCC(CNc2ncnc(N)c2-c2cnn(Cc3ccccc3)c2)C(O)C1. The number of rotatable bonds is 6. The first-order valence-corrected chi connectivity index (χ1v) is 10.4. The van der Waals surface area contributed by atoms with Crippen LogP contribution in [0.4, 0.5) is 11.6 Å². The zero-order chi connectivity index (χ0) is 21.8. The maximum atomic E-state index is 11.5. The van der Waals surface area contributed by atoms with E-state index in [-0.39, 0.29) is 11.8 Å². The minimum absolute atomic E-state index is 0.0103. The number of carbonyl (C=O) groups is 1. The Morgan fingerprint density at radius 3 is 2.84 bits per heavy atom. The number of nitrogens with two attached hydrogens (primary N) is 1. The first kappa shape index (κ1) is 20.8. The summed E-state index contributed by atoms with van der Waals surface area (Å²) in [6.07, 6.45) is 5.24. The van der Waals surface area contributed by atoms with Crippen LogP contribution in [-0.4, -0.2) is 61.4 Å². The molecule has 1 amide bonds. The largest absolute Gasteiger partial charge is 0.391 e. The van der Waals surface area contributed by atoms with Gasteiger partial charge in [0.1, 0.15) is 18.0 Å². The van der Waals surface area contributed by atoms with Crippen LogP contribution in [0.1, 0.15) is 18.9 Å². The molecule has 3 aromatic rings. The second-order valence-electron chi connectivity index (χ2n) is 7.86. The summed E-state index contributed by atoms with van der Waals surface area (Å²) in [5.41, 5.74) is 8.85. The van der Waals surface area contributed by atoms with Crippen molar-refractivity contribution in [2.45, 2.75) is 26.0 Å². The van der Waals surface area contributed by atoms with Gasteiger partial charge in [-0.3, -0.25) is 9.48 Å². The molecule has 0 bridgehead atoms. The van der Waals surface area contributed by atoms with Crippen LogP contribution in [-0.2, 0) is 11.3 Å². The highest BCUT2D eigenvalue weighted by molar-refractivity contribution is 5.82. The van der Waals surface area contributed by atoms with Gasteiger partial charge in [-0.15, -0.1) is 0 Å². The summed E-state index contributed by atoms with van der Waals surface area (Å²) in [6, 6.07) is 10.1. The van der Waals surface area contributed by atoms with E-state index in [2.05, 4.69) is 32.5 Å². The maximum absolute atomic E-state index is 11.5. The molecule has 4 N–H and O–H groups in total. The van der Waals surface area contributed by atoms with E-state index in [4.69, 9.17) is 5.73 Å². The number of aliphatic hydroxyl groups excluding tert-OH is 1. The lowest BCUT2D eigenvalue weighted by atomic mass is 9.93. The van der Waals surface area contributed by atoms with E-state index in [0.717, 1.165) is 17.5 Å². The fourth-order valence-electron chi connectivity index (χ4n) is 3.90. The van der Waals surface area contributed by atoms with E-state index in [1.165, 1.54) is 13.3 Å². The highest BCUT2D eigenvalue weighted by Gasteiger charge is 2.29. The third kappa shape index (κ3) is 4.83. The molecule has 9 nitrogen and oxygen atoms in total. The molecule has 1 aromatic carbocycles. The molecule has 9 heteroatoms. The summed E-state index contributed by atoms with van der Waals surface area (Å²) >= 11 is 0. The number of aliphatic hydroxyl groups is 1. The number of hydrogen-bond donors (Lipinski definition) is 3. The average Bonchev–Trinajstić information content (AvgIpc) is 3.21. The molecule has 2 unspecified atom stereocenters. The molecule has 1 fully saturated rings. The lowest BCUT2D eigenvalue weighted by Crippen LogP contribution is -2.47. The van der Waals surface area contributed by atoms with Gasteiger partial charge in [0.25, 0.3) is 0 Å². The molecule has 0 radical (unpaired) electrons. The second kappa shape index (κ2) is 9.13. The van der Waals surface area contributed by atoms with E-state index in [9.17, 15) is 9.90 Å². The van der Waals surface area contributed by atoms with E-state index < -0.39 is 6.10 Å². The molecular formula is C22H27N7O2. The average molecular weight is 422 g/mol. The Bertz CT molecular complexity index is 1040. The highest BCUT2D eigenvalue weighted by Crippen LogP contribution is 2.31. The lowest BCUT2D eigenvalue weighted by Gasteiger charge is -2.35. The molecule has 0 aliphatic carbocycles. The zero-order valence-corrected chi connectivity index (χ0v) is 17.5. The van der Waals surface area contributed by atoms with Gasteiger partial charge in [-0.05, 0) is 12.0 Å². The van der Waals surface area contributed by atoms with Crippen LogP contribution in [0, 0.1) is 5.92 Å². The Hall–Kier alpha value is -3.46. The van der Waals surface area contributed by atoms with Gasteiger partial charge in [-0.1, -0.05) is 30.3 Å². The third-order valence-corrected chi connectivity index (χ3v) is 5.68. The first-order valence-electron chi connectivity index (χ1n) is 10.4. The Balaban J connectivity index is 1.47. The van der Waals surface area contributed by atoms with Gasteiger partial charge in [0.15, 0.2) is 0 Å². The summed E-state index contributed by atoms with van der Waals surface area (Å²) in [7, 11) is 0. The number of piperidine rings is 1. The van der Waals surface area contributed by atoms with E-state index in [1.807, 2.05) is 29.1 Å². The van der Waals surface area contributed by atoms with Crippen molar-refractivity contribution in [3.63, 3.8) is 0 Å². The van der Waals surface area contributed by atoms with Gasteiger partial charge in [0.2, 0.25) is 5.91 Å². The minimum Gasteiger partial charge on any atom is -0.391 e. The number of nitrogen functional groups attached to an aromatic ring is 1. The van der Waals surface area contributed by atoms with Crippen molar-refractivity contribution < 1.29 is 9.90 Å². The summed E-state index contributed by atoms with van der Waals surface area (Å²) in [5.74, 6) is 0.973. The second-order valence-corrected chi connectivity index (χ2v) is 7.86. The predicted octanol–water partition coefficient (Wildman–Crippen LogP) is 1.61. The fourth-order valence-corrected chi connectivity index (χ4v) is 3.90. The van der Waals surface area contributed by atoms with Crippen LogP contribution in [0.3, 0.4) is 0 Å². The number of anilines is 2. The van der Waals surface area contributed by atoms with Gasteiger partial charge in [0, 0.05) is 44.2 Å². The minimum atomic E-state index is -0.582. The highest BCUT2D eigenvalue weighted by atomic mass is 16.3. The van der Waals surface area contributed by atoms with E-state index in [0.29, 0.717) is 43.4 Å². The van der Waals surface area contributed by atoms with Gasteiger partial charge in [-0.2, -0.15) is 5.10 Å². The van der Waals surface area contributed by atoms with Crippen molar-refractivity contribution >= 4 is 17.5 Å². The number of benzene rings is 1. The first-order chi connectivity index (χ1) is 15.0. The van der Waals surface area contributed by atoms with Crippen LogP contribution < -0.4 is 11.1 Å². The molecule has 0 saturated carbocycles. The molecule has 31 heavy (non-hydrogen) atoms. The molecule has 162 valence electrons. The van der Waals surface area contributed by atoms with Crippen molar-refractivity contribution in [2.75, 3.05) is 30.7 Å². The number of likely N-dealkylation sites (tertiary alicyclic amines) is 1. The van der Waals surface area contributed by atoms with E-state index in [1.54, 1.807) is 11.1 Å². The molecule has 2 atom stereocenters. The monoisotopic (exact) mass is 421 g/mol. The van der Waals surface area contributed by atoms with Crippen LogP contribution in [0.15, 0.2) is 49.1 Å². The van der Waals surface area contributed by atoms with Crippen LogP contribution >= 0.6 is 0 Å². The Morgan fingerprint density at radius 1 is 1.29 bits per heavy atom. The van der Waals surface area contributed by atoms with Crippen molar-refractivity contribution in [1.82, 2.24) is 24.6 Å². The molecule has 1 aliphatic rings. The third-order valence-electron chi connectivity index (χ3n) is 5.68. The van der Waals surface area contributed by atoms with Gasteiger partial charge >= 0.3 is 0 Å². The van der Waals surface area contributed by atoms with Crippen LogP contribution in [0.25, 0.3) is 11.1 Å². The molecule has 2 aromatic heterocycles. The van der Waals surface area contributed by atoms with Crippen molar-refractivity contribution in [2.24, 2.45) is 5.92 Å². The Labute approximate surface area is 180 Å². The molecule has 1 saturated heterocycles. The quantitative estimate of drug-likeness (QED) is 0.553. The summed E-state index contributed by atoms with van der Waals surface area (Å²) in [5, 5.41) is 18.2. The van der Waals surface area contributed by atoms with Crippen molar-refractivity contribution in [3.05, 3.63) is 54.6 Å². The zero-order valence-electron chi connectivity index (χ0n) is 17.5. The van der Waals surface area contributed by atoms with Crippen LogP contribution in [0.5, 0.6) is 0 Å². The standard InChI is InChI=1S/C22H27N7O2/c1-15(30)28-8-7-17(19(31)13-28)9-24-22-20(21(23)25-14-26-22)18-10-27-29(12-18)11-16-5-3-2-4-6-16/h2-6,10,12,14,17,19,31H,7-9,11,13H2,1H3,(H3,23,24,25,26). The number of nitrogens with one attached hydrogen (secondary N) is 1. The molecule has 1 aliphatic heterocycles. The van der Waals surface area contributed by atoms with Crippen molar-refractivity contribution in [1.29, 1.82) is 0 Å². The number of hydrogen-bond acceptors (Lipinski definition) is 7. The predicted molar refractivity (Wildman–Crippen MR) is 118 cm³/mol. The number of amides is 1. The summed E-state index contributed by atoms with van der Waals surface area (Å²) in [6.45, 7) is 3.70. The Kier molecular flexibility index (Phi) is 6.13. The number of nitrogens with zero attached hydrogens (tertiary/aromatic N) is 5. The Morgan fingerprint density at radius 2 is 2.10 bits per heavy atom. The van der Waals surface area contributed by atoms with Gasteiger partial charge in [-0.25, -0.2) is 9.97 Å². The number of carbonyl (C=O) groups excluding carboxylic acids is 1. The summed E-state index contributed by atoms with van der Waals surface area (Å²) < 4.78 is 1.85. The normalized spacial score (nSPS) is 18.7. The fraction of sp³-hybridized carbons (Fsp3) is 0.364. The van der Waals surface area contributed by atoms with E-state index >= 15 is 0 Å². The number of aromatic nitrogens is 4. The smallest absolute Gasteiger partial charge is 0.219 e. The summed E-state index contributed by atoms with van der Waals surface area (Å²) in [4.78, 5) is 21.7. The number of β-amino-alcohol motifs (C(OH)–C–C–N with tert-alkyl or cyclic N) is 1. The lowest BCUT2D eigenvalue weighted by molar-refractivity contribution is -0.133. The molecule has 3 heterocycles. The topological polar surface area (TPSA) is 122 Å². The van der Waals surface area contributed by atoms with Crippen molar-refractivity contribution in [3.8, 4) is 11.1 Å². The van der Waals surface area contributed by atoms with Crippen LogP contribution in [0.2, 0.25) is 0 Å².